The summed E-state index contributed by atoms with van der Waals surface area (Å²) in [5.41, 5.74) is -0.502. The lowest BCUT2D eigenvalue weighted by Gasteiger charge is -2.36. The first-order valence-electron chi connectivity index (χ1n) is 5.08. The van der Waals surface area contributed by atoms with Gasteiger partial charge in [-0.1, -0.05) is 13.8 Å². The maximum atomic E-state index is 9.96. The van der Waals surface area contributed by atoms with Gasteiger partial charge in [-0.25, -0.2) is 0 Å². The van der Waals surface area contributed by atoms with Crippen LogP contribution in [-0.2, 0) is 0 Å². The molecular weight excluding hydrogens is 166 g/mol. The lowest BCUT2D eigenvalue weighted by Crippen LogP contribution is -2.52. The predicted molar refractivity (Wildman–Crippen MR) is 50.4 cm³/mol. The van der Waals surface area contributed by atoms with Gasteiger partial charge in [-0.15, -0.1) is 0 Å². The van der Waals surface area contributed by atoms with Crippen LogP contribution in [0, 0.1) is 5.92 Å². The second kappa shape index (κ2) is 2.47. The van der Waals surface area contributed by atoms with Crippen molar-refractivity contribution in [2.24, 2.45) is 5.92 Å². The van der Waals surface area contributed by atoms with Crippen LogP contribution >= 0.6 is 0 Å². The maximum absolute atomic E-state index is 9.96. The first-order valence-corrected chi connectivity index (χ1v) is 5.08. The van der Waals surface area contributed by atoms with Crippen LogP contribution in [0.1, 0.15) is 33.6 Å². The number of rotatable bonds is 1. The van der Waals surface area contributed by atoms with Gasteiger partial charge in [-0.3, -0.25) is 0 Å². The highest BCUT2D eigenvalue weighted by atomic mass is 16.3. The Hall–Kier alpha value is -0.120. The van der Waals surface area contributed by atoms with Gasteiger partial charge in [0.15, 0.2) is 0 Å². The molecule has 0 spiro atoms. The zero-order valence-corrected chi connectivity index (χ0v) is 8.54. The number of aliphatic hydroxyl groups excluding tert-OH is 2. The number of fused-ring (bicyclic) bond motifs is 2. The number of nitrogens with one attached hydrogen (secondary N) is 1. The summed E-state index contributed by atoms with van der Waals surface area (Å²) in [5, 5.41) is 23.2. The average molecular weight is 185 g/mol. The minimum atomic E-state index is -0.608. The molecule has 0 saturated carbocycles. The molecule has 3 nitrogen and oxygen atoms in total. The number of hydrogen-bond acceptors (Lipinski definition) is 3. The third-order valence-corrected chi connectivity index (χ3v) is 4.09. The topological polar surface area (TPSA) is 52.5 Å². The molecule has 2 saturated heterocycles. The van der Waals surface area contributed by atoms with E-state index in [1.165, 1.54) is 0 Å². The van der Waals surface area contributed by atoms with Gasteiger partial charge >= 0.3 is 0 Å². The molecule has 0 aromatic heterocycles. The lowest BCUT2D eigenvalue weighted by atomic mass is 9.73. The quantitative estimate of drug-likeness (QED) is 0.549. The van der Waals surface area contributed by atoms with E-state index in [9.17, 15) is 10.2 Å². The molecule has 4 unspecified atom stereocenters. The molecule has 13 heavy (non-hydrogen) atoms. The normalized spacial score (nSPS) is 54.9. The third-order valence-electron chi connectivity index (χ3n) is 4.09. The number of hydrogen-bond donors (Lipinski definition) is 3. The predicted octanol–water partition coefficient (Wildman–Crippen LogP) is 0.259. The molecule has 0 aromatic carbocycles. The monoisotopic (exact) mass is 185 g/mol. The van der Waals surface area contributed by atoms with E-state index in [1.807, 2.05) is 6.92 Å². The van der Waals surface area contributed by atoms with Gasteiger partial charge < -0.3 is 15.5 Å². The van der Waals surface area contributed by atoms with Gasteiger partial charge in [0, 0.05) is 11.1 Å². The summed E-state index contributed by atoms with van der Waals surface area (Å²) in [7, 11) is 0. The molecule has 2 aliphatic heterocycles. The fourth-order valence-corrected chi connectivity index (χ4v) is 2.97. The fraction of sp³-hybridized carbons (Fsp3) is 1.00. The molecule has 2 bridgehead atoms. The van der Waals surface area contributed by atoms with Crippen molar-refractivity contribution in [2.45, 2.75) is 56.9 Å². The van der Waals surface area contributed by atoms with E-state index >= 15 is 0 Å². The minimum absolute atomic E-state index is 0.242. The van der Waals surface area contributed by atoms with E-state index in [1.54, 1.807) is 0 Å². The van der Waals surface area contributed by atoms with Gasteiger partial charge in [-0.05, 0) is 25.7 Å². The van der Waals surface area contributed by atoms with Crippen molar-refractivity contribution < 1.29 is 10.2 Å². The molecule has 0 aromatic rings. The van der Waals surface area contributed by atoms with E-state index in [0.29, 0.717) is 5.92 Å². The Balaban J connectivity index is 2.34. The van der Waals surface area contributed by atoms with Gasteiger partial charge in [0.25, 0.3) is 0 Å². The largest absolute Gasteiger partial charge is 0.388 e. The molecule has 76 valence electrons. The Morgan fingerprint density at radius 3 is 2.15 bits per heavy atom. The first kappa shape index (κ1) is 9.44. The first-order chi connectivity index (χ1) is 5.92. The highest BCUT2D eigenvalue weighted by molar-refractivity contribution is 5.22. The van der Waals surface area contributed by atoms with Crippen molar-refractivity contribution in [3.63, 3.8) is 0 Å². The van der Waals surface area contributed by atoms with E-state index in [0.717, 1.165) is 12.8 Å². The SMILES string of the molecule is CC(C)C12CCC(C)(N1)C(O)C2O. The summed E-state index contributed by atoms with van der Waals surface area (Å²) in [4.78, 5) is 0. The Labute approximate surface area is 79.2 Å². The fourth-order valence-electron chi connectivity index (χ4n) is 2.97. The van der Waals surface area contributed by atoms with Gasteiger partial charge in [-0.2, -0.15) is 0 Å². The average Bonchev–Trinajstić information content (AvgIpc) is 2.50. The van der Waals surface area contributed by atoms with Crippen molar-refractivity contribution in [3.8, 4) is 0 Å². The zero-order chi connectivity index (χ0) is 9.85. The molecule has 0 radical (unpaired) electrons. The van der Waals surface area contributed by atoms with Gasteiger partial charge in [0.2, 0.25) is 0 Å². The Bertz CT molecular complexity index is 231. The van der Waals surface area contributed by atoms with Crippen LogP contribution in [0.4, 0.5) is 0 Å². The van der Waals surface area contributed by atoms with Crippen LogP contribution in [0.3, 0.4) is 0 Å². The van der Waals surface area contributed by atoms with E-state index in [2.05, 4.69) is 19.2 Å². The van der Waals surface area contributed by atoms with E-state index in [-0.39, 0.29) is 11.1 Å². The summed E-state index contributed by atoms with van der Waals surface area (Å²) in [5.74, 6) is 0.362. The van der Waals surface area contributed by atoms with Crippen LogP contribution in [0.15, 0.2) is 0 Å². The molecular formula is C10H19NO2. The zero-order valence-electron chi connectivity index (χ0n) is 8.54. The molecule has 2 fully saturated rings. The van der Waals surface area contributed by atoms with Crippen molar-refractivity contribution in [1.82, 2.24) is 5.32 Å². The van der Waals surface area contributed by atoms with Crippen LogP contribution in [0.25, 0.3) is 0 Å². The molecule has 0 aliphatic carbocycles. The summed E-state index contributed by atoms with van der Waals surface area (Å²) < 4.78 is 0. The summed E-state index contributed by atoms with van der Waals surface area (Å²) in [6, 6.07) is 0. The smallest absolute Gasteiger partial charge is 0.100 e. The Kier molecular flexibility index (Phi) is 1.79. The molecule has 3 N–H and O–H groups in total. The van der Waals surface area contributed by atoms with Crippen molar-refractivity contribution >= 4 is 0 Å². The second-order valence-corrected chi connectivity index (χ2v) is 5.13. The molecule has 2 heterocycles. The molecule has 2 rings (SSSR count). The van der Waals surface area contributed by atoms with Crippen LogP contribution in [0.5, 0.6) is 0 Å². The van der Waals surface area contributed by atoms with Crippen LogP contribution < -0.4 is 5.32 Å². The van der Waals surface area contributed by atoms with Crippen molar-refractivity contribution in [3.05, 3.63) is 0 Å². The molecule has 2 aliphatic rings. The van der Waals surface area contributed by atoms with Crippen LogP contribution in [-0.4, -0.2) is 33.5 Å². The summed E-state index contributed by atoms with van der Waals surface area (Å²) in [6.07, 6.45) is 0.720. The maximum Gasteiger partial charge on any atom is 0.100 e. The van der Waals surface area contributed by atoms with E-state index in [4.69, 9.17) is 0 Å². The van der Waals surface area contributed by atoms with E-state index < -0.39 is 12.2 Å². The van der Waals surface area contributed by atoms with Gasteiger partial charge in [0.1, 0.15) is 6.10 Å². The third kappa shape index (κ3) is 0.953. The number of aliphatic hydroxyl groups is 2. The molecule has 0 amide bonds. The highest BCUT2D eigenvalue weighted by Gasteiger charge is 2.63. The Morgan fingerprint density at radius 1 is 1.23 bits per heavy atom. The summed E-state index contributed by atoms with van der Waals surface area (Å²) in [6.45, 7) is 6.19. The Morgan fingerprint density at radius 2 is 1.85 bits per heavy atom. The molecule has 4 atom stereocenters. The molecule has 3 heteroatoms. The highest BCUT2D eigenvalue weighted by Crippen LogP contribution is 2.48. The lowest BCUT2D eigenvalue weighted by molar-refractivity contribution is -0.0409. The minimum Gasteiger partial charge on any atom is -0.388 e. The van der Waals surface area contributed by atoms with Crippen molar-refractivity contribution in [1.29, 1.82) is 0 Å². The van der Waals surface area contributed by atoms with Crippen molar-refractivity contribution in [2.75, 3.05) is 0 Å². The standard InChI is InChI=1S/C10H19NO2/c1-6(2)10-5-4-9(3,11-10)7(12)8(10)13/h6-8,11-13H,4-5H2,1-3H3. The van der Waals surface area contributed by atoms with Crippen LogP contribution in [0.2, 0.25) is 0 Å². The second-order valence-electron chi connectivity index (χ2n) is 5.13. The summed E-state index contributed by atoms with van der Waals surface area (Å²) >= 11 is 0. The van der Waals surface area contributed by atoms with Gasteiger partial charge in [0.05, 0.1) is 6.10 Å².